The smallest absolute Gasteiger partial charge is 0.0403 e. The molecule has 0 saturated carbocycles. The first-order chi connectivity index (χ1) is 7.23. The molecule has 0 amide bonds. The Morgan fingerprint density at radius 1 is 0.647 bits per heavy atom. The zero-order valence-electron chi connectivity index (χ0n) is 14.3. The van der Waals surface area contributed by atoms with Crippen molar-refractivity contribution in [3.8, 4) is 0 Å². The van der Waals surface area contributed by atoms with E-state index in [2.05, 4.69) is 72.8 Å². The first kappa shape index (κ1) is 17.9. The van der Waals surface area contributed by atoms with Gasteiger partial charge in [0.2, 0.25) is 0 Å². The standard InChI is InChI=1S/C13H36Si4/c1-12-13(2)17(14(3,4)5,15(6,7)8)16(9,10)11/h13H,12H2,1-11H3. The first-order valence-corrected chi connectivity index (χ1v) is 22.8. The second kappa shape index (κ2) is 5.10. The second-order valence-electron chi connectivity index (χ2n) is 8.87. The van der Waals surface area contributed by atoms with Crippen LogP contribution in [0, 0.1) is 0 Å². The first-order valence-electron chi connectivity index (χ1n) is 7.23. The van der Waals surface area contributed by atoms with Crippen molar-refractivity contribution in [2.75, 3.05) is 0 Å². The van der Waals surface area contributed by atoms with Crippen molar-refractivity contribution >= 4 is 29.4 Å². The van der Waals surface area contributed by atoms with Crippen molar-refractivity contribution in [2.24, 2.45) is 0 Å². The van der Waals surface area contributed by atoms with E-state index in [9.17, 15) is 0 Å². The van der Waals surface area contributed by atoms with E-state index in [0.29, 0.717) is 0 Å². The summed E-state index contributed by atoms with van der Waals surface area (Å²) in [5, 5.41) is 0. The van der Waals surface area contributed by atoms with Crippen LogP contribution in [0.3, 0.4) is 0 Å². The van der Waals surface area contributed by atoms with Crippen LogP contribution < -0.4 is 0 Å². The van der Waals surface area contributed by atoms with Crippen LogP contribution in [0.4, 0.5) is 0 Å². The quantitative estimate of drug-likeness (QED) is 0.590. The van der Waals surface area contributed by atoms with Gasteiger partial charge < -0.3 is 0 Å². The summed E-state index contributed by atoms with van der Waals surface area (Å²) in [7, 11) is -3.09. The third kappa shape index (κ3) is 2.90. The van der Waals surface area contributed by atoms with Gasteiger partial charge in [0.1, 0.15) is 0 Å². The molecular formula is C13H36Si4. The summed E-state index contributed by atoms with van der Waals surface area (Å²) in [6.45, 7) is 28.2. The minimum Gasteiger partial charge on any atom is -0.0718 e. The van der Waals surface area contributed by atoms with Crippen LogP contribution in [-0.4, -0.2) is 29.4 Å². The van der Waals surface area contributed by atoms with Crippen molar-refractivity contribution < 1.29 is 0 Å². The highest BCUT2D eigenvalue weighted by Crippen LogP contribution is 2.45. The third-order valence-corrected chi connectivity index (χ3v) is 80.1. The summed E-state index contributed by atoms with van der Waals surface area (Å²) in [6.07, 6.45) is 1.42. The lowest BCUT2D eigenvalue weighted by Crippen LogP contribution is -2.84. The highest BCUT2D eigenvalue weighted by Gasteiger charge is 2.63. The Bertz CT molecular complexity index is 216. The zero-order valence-corrected chi connectivity index (χ0v) is 18.3. The molecule has 0 heterocycles. The average molecular weight is 305 g/mol. The molecule has 17 heavy (non-hydrogen) atoms. The van der Waals surface area contributed by atoms with Gasteiger partial charge in [0, 0.05) is 29.4 Å². The molecule has 0 nitrogen and oxygen atoms in total. The molecule has 0 aliphatic rings. The Balaban J connectivity index is 6.13. The highest BCUT2D eigenvalue weighted by atomic mass is 29.9. The van der Waals surface area contributed by atoms with E-state index in [-0.39, 0.29) is 0 Å². The Morgan fingerprint density at radius 3 is 0.941 bits per heavy atom. The Labute approximate surface area is 114 Å². The maximum Gasteiger partial charge on any atom is 0.0403 e. The second-order valence-corrected chi connectivity index (χ2v) is 50.1. The van der Waals surface area contributed by atoms with E-state index in [0.717, 1.165) is 5.54 Å². The molecule has 0 aromatic heterocycles. The SMILES string of the molecule is CCC(C)[Si]([Si](C)(C)C)([Si](C)(C)C)[Si](C)(C)C. The molecular weight excluding hydrogens is 268 g/mol. The van der Waals surface area contributed by atoms with Crippen LogP contribution in [0.15, 0.2) is 0 Å². The van der Waals surface area contributed by atoms with Gasteiger partial charge in [-0.1, -0.05) is 84.7 Å². The van der Waals surface area contributed by atoms with E-state index in [1.54, 1.807) is 0 Å². The summed E-state index contributed by atoms with van der Waals surface area (Å²) in [5.41, 5.74) is 1.05. The van der Waals surface area contributed by atoms with Crippen LogP contribution >= 0.6 is 0 Å². The van der Waals surface area contributed by atoms with Crippen LogP contribution in [0.5, 0.6) is 0 Å². The molecule has 4 heteroatoms. The lowest BCUT2D eigenvalue weighted by Gasteiger charge is -2.61. The van der Waals surface area contributed by atoms with Gasteiger partial charge in [0.15, 0.2) is 0 Å². The monoisotopic (exact) mass is 304 g/mol. The molecule has 1 unspecified atom stereocenters. The fraction of sp³-hybridized carbons (Fsp3) is 1.00. The van der Waals surface area contributed by atoms with E-state index in [4.69, 9.17) is 0 Å². The molecule has 0 aliphatic heterocycles. The molecule has 0 fully saturated rings. The Morgan fingerprint density at radius 2 is 0.882 bits per heavy atom. The van der Waals surface area contributed by atoms with Crippen LogP contribution in [-0.2, 0) is 0 Å². The molecule has 0 aromatic carbocycles. The molecule has 0 bridgehead atoms. The van der Waals surface area contributed by atoms with Crippen molar-refractivity contribution in [2.45, 2.75) is 84.7 Å². The third-order valence-electron chi connectivity index (χ3n) is 4.90. The fourth-order valence-corrected chi connectivity index (χ4v) is 114. The molecule has 1 atom stereocenters. The maximum absolute atomic E-state index is 2.70. The van der Waals surface area contributed by atoms with Crippen molar-refractivity contribution in [1.29, 1.82) is 0 Å². The Kier molecular flexibility index (Phi) is 5.36. The minimum atomic E-state index is -1.09. The normalized spacial score (nSPS) is 17.1. The predicted molar refractivity (Wildman–Crippen MR) is 95.5 cm³/mol. The van der Waals surface area contributed by atoms with Crippen LogP contribution in [0.1, 0.15) is 20.3 Å². The van der Waals surface area contributed by atoms with Crippen LogP contribution in [0.25, 0.3) is 0 Å². The summed E-state index contributed by atoms with van der Waals surface area (Å²) >= 11 is 0. The van der Waals surface area contributed by atoms with E-state index >= 15 is 0 Å². The van der Waals surface area contributed by atoms with Gasteiger partial charge in [-0.05, 0) is 0 Å². The molecule has 0 spiro atoms. The van der Waals surface area contributed by atoms with Gasteiger partial charge in [-0.2, -0.15) is 0 Å². The Hall–Kier alpha value is 0.868. The molecule has 0 N–H and O–H groups in total. The van der Waals surface area contributed by atoms with E-state index in [1.807, 2.05) is 0 Å². The highest BCUT2D eigenvalue weighted by molar-refractivity contribution is 7.89. The lowest BCUT2D eigenvalue weighted by molar-refractivity contribution is 0.863. The molecule has 104 valence electrons. The van der Waals surface area contributed by atoms with Gasteiger partial charge >= 0.3 is 0 Å². The average Bonchev–Trinajstić information content (AvgIpc) is 1.95. The summed E-state index contributed by atoms with van der Waals surface area (Å²) in [5.74, 6) is 0. The molecule has 0 saturated heterocycles. The number of hydrogen-bond donors (Lipinski definition) is 0. The van der Waals surface area contributed by atoms with E-state index in [1.165, 1.54) is 6.42 Å². The fourth-order valence-electron chi connectivity index (χ4n) is 5.90. The molecule has 0 radical (unpaired) electrons. The van der Waals surface area contributed by atoms with Gasteiger partial charge in [-0.25, -0.2) is 0 Å². The molecule has 0 rings (SSSR count). The summed E-state index contributed by atoms with van der Waals surface area (Å²) < 4.78 is 0. The minimum absolute atomic E-state index is 1.03. The van der Waals surface area contributed by atoms with Crippen molar-refractivity contribution in [1.82, 2.24) is 0 Å². The van der Waals surface area contributed by atoms with Gasteiger partial charge in [-0.3, -0.25) is 0 Å². The van der Waals surface area contributed by atoms with Crippen molar-refractivity contribution in [3.63, 3.8) is 0 Å². The lowest BCUT2D eigenvalue weighted by atomic mass is 10.4. The maximum atomic E-state index is 2.70. The topological polar surface area (TPSA) is 0 Å². The number of hydrogen-bond acceptors (Lipinski definition) is 0. The van der Waals surface area contributed by atoms with Crippen molar-refractivity contribution in [3.05, 3.63) is 0 Å². The summed E-state index contributed by atoms with van der Waals surface area (Å²) in [4.78, 5) is 0. The van der Waals surface area contributed by atoms with Crippen LogP contribution in [0.2, 0.25) is 64.5 Å². The molecule has 0 aliphatic carbocycles. The molecule has 0 aromatic rings. The van der Waals surface area contributed by atoms with Gasteiger partial charge in [0.05, 0.1) is 0 Å². The van der Waals surface area contributed by atoms with Gasteiger partial charge in [0.25, 0.3) is 0 Å². The van der Waals surface area contributed by atoms with Gasteiger partial charge in [-0.15, -0.1) is 0 Å². The van der Waals surface area contributed by atoms with E-state index < -0.39 is 29.4 Å². The number of rotatable bonds is 5. The predicted octanol–water partition coefficient (Wildman–Crippen LogP) is 5.49. The summed E-state index contributed by atoms with van der Waals surface area (Å²) in [6, 6.07) is 0. The largest absolute Gasteiger partial charge is 0.0718 e. The zero-order chi connectivity index (χ0) is 14.3.